The standard InChI is InChI=1S/C13H10NO2/c15-13(16)11-7-5-10(6-8-11)12-4-2-1-3-9-14-12/h1-7,9,14H,(H,15,16). The molecule has 0 bridgehead atoms. The maximum absolute atomic E-state index is 10.7. The fraction of sp³-hybridized carbons (Fsp3) is 0. The molecular weight excluding hydrogens is 202 g/mol. The molecule has 1 aromatic carbocycles. The Morgan fingerprint density at radius 3 is 2.81 bits per heavy atom. The van der Waals surface area contributed by atoms with Crippen LogP contribution in [0.25, 0.3) is 5.70 Å². The Morgan fingerprint density at radius 2 is 2.12 bits per heavy atom. The average molecular weight is 212 g/mol. The van der Waals surface area contributed by atoms with Crippen molar-refractivity contribution in [2.75, 3.05) is 0 Å². The highest BCUT2D eigenvalue weighted by Crippen LogP contribution is 2.13. The molecule has 0 saturated heterocycles. The van der Waals surface area contributed by atoms with Gasteiger partial charge in [-0.1, -0.05) is 18.2 Å². The number of carboxylic acid groups (broad SMARTS) is 1. The van der Waals surface area contributed by atoms with Gasteiger partial charge in [0.2, 0.25) is 0 Å². The summed E-state index contributed by atoms with van der Waals surface area (Å²) in [5.74, 6) is -0.964. The van der Waals surface area contributed by atoms with E-state index in [9.17, 15) is 4.79 Å². The smallest absolute Gasteiger partial charge is 0.336 e. The summed E-state index contributed by atoms with van der Waals surface area (Å²) in [7, 11) is 0. The van der Waals surface area contributed by atoms with E-state index in [0.717, 1.165) is 11.3 Å². The Bertz CT molecular complexity index is 481. The summed E-state index contributed by atoms with van der Waals surface area (Å²) >= 11 is 0. The molecule has 1 aromatic rings. The van der Waals surface area contributed by atoms with Gasteiger partial charge in [-0.05, 0) is 35.9 Å². The van der Waals surface area contributed by atoms with Crippen LogP contribution in [0, 0.1) is 6.07 Å². The Morgan fingerprint density at radius 1 is 1.25 bits per heavy atom. The molecule has 1 heterocycles. The minimum absolute atomic E-state index is 0.170. The molecule has 79 valence electrons. The lowest BCUT2D eigenvalue weighted by atomic mass is 10.1. The second-order valence-electron chi connectivity index (χ2n) is 3.26. The first-order valence-electron chi connectivity index (χ1n) is 4.83. The zero-order valence-corrected chi connectivity index (χ0v) is 8.47. The van der Waals surface area contributed by atoms with Gasteiger partial charge in [0.25, 0.3) is 0 Å². The molecule has 3 nitrogen and oxygen atoms in total. The minimum Gasteiger partial charge on any atom is -0.478 e. The average Bonchev–Trinajstić information content (AvgIpc) is 2.57. The van der Waals surface area contributed by atoms with E-state index in [2.05, 4.69) is 11.4 Å². The molecule has 0 unspecified atom stereocenters. The first-order chi connectivity index (χ1) is 7.77. The van der Waals surface area contributed by atoms with Gasteiger partial charge in [0.15, 0.2) is 0 Å². The van der Waals surface area contributed by atoms with Crippen LogP contribution in [0.1, 0.15) is 15.9 Å². The van der Waals surface area contributed by atoms with E-state index in [0.29, 0.717) is 0 Å². The summed E-state index contributed by atoms with van der Waals surface area (Å²) in [5, 5.41) is 11.8. The lowest BCUT2D eigenvalue weighted by molar-refractivity contribution is 0.0696. The fourth-order valence-corrected chi connectivity index (χ4v) is 1.36. The number of aromatic carboxylic acids is 1. The second kappa shape index (κ2) is 4.49. The van der Waals surface area contributed by atoms with Crippen LogP contribution in [0.2, 0.25) is 0 Å². The molecule has 3 heteroatoms. The van der Waals surface area contributed by atoms with E-state index >= 15 is 0 Å². The van der Waals surface area contributed by atoms with E-state index in [1.54, 1.807) is 18.2 Å². The highest BCUT2D eigenvalue weighted by Gasteiger charge is 2.04. The van der Waals surface area contributed by atoms with Crippen molar-refractivity contribution in [1.82, 2.24) is 5.32 Å². The Labute approximate surface area is 93.4 Å². The molecule has 0 spiro atoms. The van der Waals surface area contributed by atoms with Gasteiger partial charge in [-0.2, -0.15) is 0 Å². The van der Waals surface area contributed by atoms with Crippen molar-refractivity contribution in [3.05, 3.63) is 65.9 Å². The number of hydrogen-bond donors (Lipinski definition) is 2. The number of hydrogen-bond acceptors (Lipinski definition) is 2. The van der Waals surface area contributed by atoms with Crippen LogP contribution < -0.4 is 5.32 Å². The topological polar surface area (TPSA) is 49.3 Å². The van der Waals surface area contributed by atoms with E-state index in [4.69, 9.17) is 5.11 Å². The molecule has 0 amide bonds. The lowest BCUT2D eigenvalue weighted by Gasteiger charge is -2.06. The van der Waals surface area contributed by atoms with Crippen molar-refractivity contribution in [2.24, 2.45) is 0 Å². The molecule has 1 aliphatic heterocycles. The van der Waals surface area contributed by atoms with Gasteiger partial charge >= 0.3 is 5.97 Å². The molecule has 2 rings (SSSR count). The van der Waals surface area contributed by atoms with Crippen LogP contribution in [0.5, 0.6) is 0 Å². The summed E-state index contributed by atoms with van der Waals surface area (Å²) in [5.41, 5.74) is 1.99. The van der Waals surface area contributed by atoms with E-state index in [1.165, 1.54) is 0 Å². The van der Waals surface area contributed by atoms with Crippen molar-refractivity contribution in [3.63, 3.8) is 0 Å². The van der Waals surface area contributed by atoms with Crippen molar-refractivity contribution < 1.29 is 9.90 Å². The molecule has 1 aliphatic rings. The monoisotopic (exact) mass is 212 g/mol. The molecule has 2 N–H and O–H groups in total. The predicted octanol–water partition coefficient (Wildman–Crippen LogP) is 2.20. The molecule has 0 saturated carbocycles. The van der Waals surface area contributed by atoms with Crippen molar-refractivity contribution >= 4 is 11.7 Å². The van der Waals surface area contributed by atoms with Gasteiger partial charge in [0.1, 0.15) is 0 Å². The lowest BCUT2D eigenvalue weighted by Crippen LogP contribution is -2.03. The third kappa shape index (κ3) is 2.20. The third-order valence-electron chi connectivity index (χ3n) is 2.17. The summed E-state index contributed by atoms with van der Waals surface area (Å²) in [4.78, 5) is 10.7. The van der Waals surface area contributed by atoms with E-state index in [-0.39, 0.29) is 5.56 Å². The number of carboxylic acids is 1. The van der Waals surface area contributed by atoms with Gasteiger partial charge in [0.05, 0.1) is 5.56 Å². The Hall–Kier alpha value is -2.29. The first-order valence-corrected chi connectivity index (χ1v) is 4.83. The van der Waals surface area contributed by atoms with Crippen LogP contribution in [-0.2, 0) is 0 Å². The van der Waals surface area contributed by atoms with Crippen molar-refractivity contribution in [1.29, 1.82) is 0 Å². The molecule has 0 atom stereocenters. The Kier molecular flexibility index (Phi) is 2.87. The van der Waals surface area contributed by atoms with Crippen LogP contribution in [0.15, 0.2) is 48.7 Å². The molecule has 16 heavy (non-hydrogen) atoms. The second-order valence-corrected chi connectivity index (χ2v) is 3.26. The zero-order chi connectivity index (χ0) is 11.4. The SMILES string of the molecule is O=C(O)c1[c]cc(C2=CC=CC=CN2)cc1. The number of allylic oxidation sites excluding steroid dienone is 4. The quantitative estimate of drug-likeness (QED) is 0.790. The molecule has 0 fully saturated rings. The van der Waals surface area contributed by atoms with Crippen LogP contribution in [-0.4, -0.2) is 11.1 Å². The number of rotatable bonds is 2. The van der Waals surface area contributed by atoms with Crippen LogP contribution in [0.4, 0.5) is 0 Å². The van der Waals surface area contributed by atoms with Crippen molar-refractivity contribution in [3.8, 4) is 0 Å². The summed E-state index contributed by atoms with van der Waals surface area (Å²) in [6.45, 7) is 0. The first kappa shape index (κ1) is 10.2. The molecule has 1 radical (unpaired) electrons. The van der Waals surface area contributed by atoms with Crippen molar-refractivity contribution in [2.45, 2.75) is 0 Å². The molecule has 0 aliphatic carbocycles. The highest BCUT2D eigenvalue weighted by atomic mass is 16.4. The third-order valence-corrected chi connectivity index (χ3v) is 2.17. The summed E-state index contributed by atoms with van der Waals surface area (Å²) < 4.78 is 0. The van der Waals surface area contributed by atoms with Gasteiger partial charge < -0.3 is 10.4 Å². The summed E-state index contributed by atoms with van der Waals surface area (Å²) in [6, 6.07) is 7.68. The maximum Gasteiger partial charge on any atom is 0.336 e. The largest absolute Gasteiger partial charge is 0.478 e. The van der Waals surface area contributed by atoms with Crippen LogP contribution in [0.3, 0.4) is 0 Å². The van der Waals surface area contributed by atoms with Gasteiger partial charge in [-0.25, -0.2) is 4.79 Å². The minimum atomic E-state index is -0.964. The van der Waals surface area contributed by atoms with E-state index < -0.39 is 5.97 Å². The maximum atomic E-state index is 10.7. The normalized spacial score (nSPS) is 13.9. The van der Waals surface area contributed by atoms with Gasteiger partial charge in [-0.15, -0.1) is 0 Å². The van der Waals surface area contributed by atoms with Gasteiger partial charge in [-0.3, -0.25) is 0 Å². The summed E-state index contributed by atoms with van der Waals surface area (Å²) in [6.07, 6.45) is 9.45. The number of carbonyl (C=O) groups is 1. The predicted molar refractivity (Wildman–Crippen MR) is 61.6 cm³/mol. The number of benzene rings is 1. The fourth-order valence-electron chi connectivity index (χ4n) is 1.36. The van der Waals surface area contributed by atoms with Gasteiger partial charge in [0, 0.05) is 11.9 Å². The van der Waals surface area contributed by atoms with E-state index in [1.807, 2.05) is 30.5 Å². The molecular formula is C13H10NO2. The van der Waals surface area contributed by atoms with Crippen LogP contribution >= 0.6 is 0 Å². The highest BCUT2D eigenvalue weighted by molar-refractivity contribution is 5.87. The zero-order valence-electron chi connectivity index (χ0n) is 8.47. The number of nitrogens with one attached hydrogen (secondary N) is 1. The Balaban J connectivity index is 2.28. The molecule has 0 aromatic heterocycles.